The minimum absolute atomic E-state index is 0.360. The number of hydrogen-bond acceptors (Lipinski definition) is 3. The summed E-state index contributed by atoms with van der Waals surface area (Å²) >= 11 is 3.43. The number of aliphatic hydroxyl groups is 1. The molecule has 4 nitrogen and oxygen atoms in total. The van der Waals surface area contributed by atoms with Gasteiger partial charge in [0.05, 0.1) is 6.61 Å². The van der Waals surface area contributed by atoms with E-state index in [4.69, 9.17) is 5.11 Å². The van der Waals surface area contributed by atoms with Crippen molar-refractivity contribution in [3.8, 4) is 0 Å². The van der Waals surface area contributed by atoms with E-state index in [9.17, 15) is 9.59 Å². The average Bonchev–Trinajstić information content (AvgIpc) is 1.81. The summed E-state index contributed by atoms with van der Waals surface area (Å²) in [4.78, 5) is 20.7. The highest BCUT2D eigenvalue weighted by Gasteiger charge is 2.13. The molecule has 5 heteroatoms. The lowest BCUT2D eigenvalue weighted by molar-refractivity contribution is -0.123. The first kappa shape index (κ1) is 9.45. The summed E-state index contributed by atoms with van der Waals surface area (Å²) in [7, 11) is 0. The third-order valence-corrected chi connectivity index (χ3v) is 1.17. The molecule has 0 aromatic heterocycles. The summed E-state index contributed by atoms with van der Waals surface area (Å²) in [5, 5.41) is 10.1. The van der Waals surface area contributed by atoms with Crippen LogP contribution in [0.15, 0.2) is 0 Å². The molecule has 0 heterocycles. The van der Waals surface area contributed by atoms with Gasteiger partial charge in [-0.05, 0) is 0 Å². The lowest BCUT2D eigenvalue weighted by atomic mass is 10.3. The van der Waals surface area contributed by atoms with E-state index in [1.54, 1.807) is 0 Å². The van der Waals surface area contributed by atoms with Crippen LogP contribution in [0.1, 0.15) is 6.92 Å². The number of thiol groups is 1. The third kappa shape index (κ3) is 3.47. The topological polar surface area (TPSA) is 66.4 Å². The second-order valence-electron chi connectivity index (χ2n) is 1.77. The molecule has 0 aromatic rings. The fourth-order valence-electron chi connectivity index (χ4n) is 0.431. The maximum Gasteiger partial charge on any atom is 0.217 e. The highest BCUT2D eigenvalue weighted by Crippen LogP contribution is 1.88. The van der Waals surface area contributed by atoms with Crippen molar-refractivity contribution in [1.82, 2.24) is 5.32 Å². The van der Waals surface area contributed by atoms with E-state index in [-0.39, 0.29) is 5.91 Å². The largest absolute Gasteiger partial charge is 0.394 e. The molecule has 0 aromatic carbocycles. The normalized spacial score (nSPS) is 12.3. The Kier molecular flexibility index (Phi) is 4.06. The molecule has 58 valence electrons. The maximum absolute atomic E-state index is 10.4. The van der Waals surface area contributed by atoms with Crippen LogP contribution in [-0.2, 0) is 9.59 Å². The zero-order valence-electron chi connectivity index (χ0n) is 5.50. The van der Waals surface area contributed by atoms with Gasteiger partial charge in [0.1, 0.15) is 6.04 Å². The molecule has 1 amide bonds. The first-order chi connectivity index (χ1) is 4.57. The quantitative estimate of drug-likeness (QED) is 0.465. The smallest absolute Gasteiger partial charge is 0.217 e. The zero-order chi connectivity index (χ0) is 8.15. The molecule has 2 N–H and O–H groups in total. The molecule has 0 aliphatic carbocycles. The number of nitrogens with one attached hydrogen (secondary N) is 1. The molecule has 0 fully saturated rings. The average molecular weight is 163 g/mol. The Bertz CT molecular complexity index is 148. The Balaban J connectivity index is 3.83. The van der Waals surface area contributed by atoms with Crippen molar-refractivity contribution >= 4 is 23.7 Å². The monoisotopic (exact) mass is 163 g/mol. The summed E-state index contributed by atoms with van der Waals surface area (Å²) in [6.07, 6.45) is 0. The predicted octanol–water partition coefficient (Wildman–Crippen LogP) is -1.06. The molecule has 0 radical (unpaired) electrons. The molecular weight excluding hydrogens is 154 g/mol. The Hall–Kier alpha value is -0.550. The first-order valence-corrected chi connectivity index (χ1v) is 3.13. The Morgan fingerprint density at radius 1 is 1.70 bits per heavy atom. The van der Waals surface area contributed by atoms with Crippen LogP contribution in [0.5, 0.6) is 0 Å². The van der Waals surface area contributed by atoms with E-state index in [0.717, 1.165) is 0 Å². The molecule has 0 saturated carbocycles. The highest BCUT2D eigenvalue weighted by molar-refractivity contribution is 7.96. The number of hydrogen-bond donors (Lipinski definition) is 3. The van der Waals surface area contributed by atoms with Crippen LogP contribution in [-0.4, -0.2) is 28.8 Å². The Morgan fingerprint density at radius 2 is 2.20 bits per heavy atom. The van der Waals surface area contributed by atoms with Gasteiger partial charge in [-0.1, -0.05) is 0 Å². The van der Waals surface area contributed by atoms with Gasteiger partial charge in [-0.15, -0.1) is 12.6 Å². The van der Waals surface area contributed by atoms with Crippen molar-refractivity contribution in [1.29, 1.82) is 0 Å². The number of rotatable bonds is 3. The fraction of sp³-hybridized carbons (Fsp3) is 0.600. The second kappa shape index (κ2) is 4.29. The van der Waals surface area contributed by atoms with Gasteiger partial charge in [-0.25, -0.2) is 0 Å². The minimum Gasteiger partial charge on any atom is -0.394 e. The number of carbonyl (C=O) groups excluding carboxylic acids is 2. The molecule has 0 saturated heterocycles. The fourth-order valence-corrected chi connectivity index (χ4v) is 0.577. The first-order valence-electron chi connectivity index (χ1n) is 2.68. The Labute approximate surface area is 64.0 Å². The SMILES string of the molecule is CC(=O)N[C@@H](CO)C(=O)S. The van der Waals surface area contributed by atoms with E-state index in [1.807, 2.05) is 0 Å². The summed E-state index contributed by atoms with van der Waals surface area (Å²) in [5.41, 5.74) is 0. The van der Waals surface area contributed by atoms with Crippen LogP contribution in [0.4, 0.5) is 0 Å². The van der Waals surface area contributed by atoms with Crippen LogP contribution < -0.4 is 5.32 Å². The van der Waals surface area contributed by atoms with Gasteiger partial charge in [-0.2, -0.15) is 0 Å². The lowest BCUT2D eigenvalue weighted by Gasteiger charge is -2.09. The molecule has 0 rings (SSSR count). The van der Waals surface area contributed by atoms with Crippen LogP contribution in [0.2, 0.25) is 0 Å². The molecular formula is C5H9NO3S. The van der Waals surface area contributed by atoms with E-state index >= 15 is 0 Å². The molecule has 0 bridgehead atoms. The Morgan fingerprint density at radius 3 is 2.30 bits per heavy atom. The van der Waals surface area contributed by atoms with Crippen molar-refractivity contribution in [2.75, 3.05) is 6.61 Å². The van der Waals surface area contributed by atoms with E-state index in [1.165, 1.54) is 6.92 Å². The molecule has 0 aliphatic rings. The van der Waals surface area contributed by atoms with E-state index in [2.05, 4.69) is 17.9 Å². The van der Waals surface area contributed by atoms with Crippen LogP contribution in [0, 0.1) is 0 Å². The molecule has 10 heavy (non-hydrogen) atoms. The summed E-state index contributed by atoms with van der Waals surface area (Å²) in [6.45, 7) is 0.849. The summed E-state index contributed by atoms with van der Waals surface area (Å²) < 4.78 is 0. The van der Waals surface area contributed by atoms with E-state index < -0.39 is 17.8 Å². The van der Waals surface area contributed by atoms with Crippen molar-refractivity contribution < 1.29 is 14.7 Å². The number of aliphatic hydroxyl groups excluding tert-OH is 1. The minimum atomic E-state index is -0.874. The zero-order valence-corrected chi connectivity index (χ0v) is 6.39. The summed E-state index contributed by atoms with van der Waals surface area (Å²) in [5.74, 6) is -0.360. The van der Waals surface area contributed by atoms with Gasteiger partial charge in [0.2, 0.25) is 11.0 Å². The highest BCUT2D eigenvalue weighted by atomic mass is 32.1. The van der Waals surface area contributed by atoms with Gasteiger partial charge < -0.3 is 10.4 Å². The summed E-state index contributed by atoms with van der Waals surface area (Å²) in [6, 6.07) is -0.874. The van der Waals surface area contributed by atoms with Crippen LogP contribution in [0.25, 0.3) is 0 Å². The number of carbonyl (C=O) groups is 2. The van der Waals surface area contributed by atoms with Crippen LogP contribution >= 0.6 is 12.6 Å². The van der Waals surface area contributed by atoms with Crippen molar-refractivity contribution in [3.05, 3.63) is 0 Å². The standard InChI is InChI=1S/C5H9NO3S/c1-3(8)6-4(2-7)5(9)10/h4,7H,2H2,1H3,(H,6,8)(H,9,10)/t4-/m0/s1. The lowest BCUT2D eigenvalue weighted by Crippen LogP contribution is -2.40. The number of amides is 1. The molecule has 0 unspecified atom stereocenters. The molecule has 1 atom stereocenters. The second-order valence-corrected chi connectivity index (χ2v) is 2.21. The third-order valence-electron chi connectivity index (χ3n) is 0.858. The van der Waals surface area contributed by atoms with Crippen molar-refractivity contribution in [3.63, 3.8) is 0 Å². The van der Waals surface area contributed by atoms with Crippen LogP contribution in [0.3, 0.4) is 0 Å². The van der Waals surface area contributed by atoms with Gasteiger partial charge in [0.25, 0.3) is 0 Å². The van der Waals surface area contributed by atoms with Crippen molar-refractivity contribution in [2.24, 2.45) is 0 Å². The van der Waals surface area contributed by atoms with Gasteiger partial charge in [0, 0.05) is 6.92 Å². The predicted molar refractivity (Wildman–Crippen MR) is 38.7 cm³/mol. The molecule has 0 aliphatic heterocycles. The maximum atomic E-state index is 10.4. The van der Waals surface area contributed by atoms with E-state index in [0.29, 0.717) is 0 Å². The van der Waals surface area contributed by atoms with Gasteiger partial charge >= 0.3 is 0 Å². The van der Waals surface area contributed by atoms with Crippen molar-refractivity contribution in [2.45, 2.75) is 13.0 Å². The van der Waals surface area contributed by atoms with Gasteiger partial charge in [0.15, 0.2) is 0 Å². The molecule has 0 spiro atoms. The van der Waals surface area contributed by atoms with Gasteiger partial charge in [-0.3, -0.25) is 9.59 Å².